The minimum Gasteiger partial charge on any atom is -0.454 e. The highest BCUT2D eigenvalue weighted by Gasteiger charge is 2.17. The van der Waals surface area contributed by atoms with Crippen LogP contribution in [0.3, 0.4) is 0 Å². The van der Waals surface area contributed by atoms with Crippen LogP contribution in [0, 0.1) is 11.3 Å². The maximum atomic E-state index is 11.8. The number of anilines is 1. The number of carbonyl (C=O) groups is 2. The lowest BCUT2D eigenvalue weighted by molar-refractivity contribution is -0.142. The van der Waals surface area contributed by atoms with E-state index in [4.69, 9.17) is 31.1 Å². The van der Waals surface area contributed by atoms with Crippen LogP contribution >= 0.6 is 11.6 Å². The van der Waals surface area contributed by atoms with Crippen molar-refractivity contribution in [2.75, 3.05) is 18.7 Å². The SMILES string of the molecule is N#Cc1cccc(NC(=O)COC(=O)/C=C/c2cc(Cl)c3c(c2)OCO3)c1. The first-order valence-corrected chi connectivity index (χ1v) is 8.17. The molecule has 0 bridgehead atoms. The van der Waals surface area contributed by atoms with E-state index < -0.39 is 18.5 Å². The number of nitrogens with one attached hydrogen (secondary N) is 1. The summed E-state index contributed by atoms with van der Waals surface area (Å²) in [6.45, 7) is -0.363. The number of fused-ring (bicyclic) bond motifs is 1. The second kappa shape index (κ2) is 8.25. The van der Waals surface area contributed by atoms with Crippen LogP contribution in [0.5, 0.6) is 11.5 Å². The number of hydrogen-bond acceptors (Lipinski definition) is 6. The standard InChI is InChI=1S/C19H13ClN2O5/c20-15-7-12(8-16-19(15)27-11-26-16)4-5-18(24)25-10-17(23)22-14-3-1-2-13(6-14)9-21/h1-8H,10-11H2,(H,22,23)/b5-4+. The van der Waals surface area contributed by atoms with Crippen molar-refractivity contribution in [1.29, 1.82) is 5.26 Å². The lowest BCUT2D eigenvalue weighted by Gasteiger charge is -2.05. The fourth-order valence-corrected chi connectivity index (χ4v) is 2.57. The van der Waals surface area contributed by atoms with Crippen LogP contribution in [0.25, 0.3) is 6.08 Å². The van der Waals surface area contributed by atoms with Crippen LogP contribution < -0.4 is 14.8 Å². The maximum absolute atomic E-state index is 11.8. The van der Waals surface area contributed by atoms with E-state index in [1.807, 2.05) is 6.07 Å². The summed E-state index contributed by atoms with van der Waals surface area (Å²) in [6.07, 6.45) is 2.67. The number of hydrogen-bond donors (Lipinski definition) is 1. The van der Waals surface area contributed by atoms with Crippen LogP contribution in [0.1, 0.15) is 11.1 Å². The van der Waals surface area contributed by atoms with Gasteiger partial charge in [-0.05, 0) is 42.0 Å². The minimum atomic E-state index is -0.690. The van der Waals surface area contributed by atoms with Gasteiger partial charge in [0.15, 0.2) is 18.1 Å². The van der Waals surface area contributed by atoms with Gasteiger partial charge in [-0.15, -0.1) is 0 Å². The minimum absolute atomic E-state index is 0.0939. The van der Waals surface area contributed by atoms with E-state index in [-0.39, 0.29) is 6.79 Å². The smallest absolute Gasteiger partial charge is 0.331 e. The molecule has 1 aliphatic heterocycles. The molecular formula is C19H13ClN2O5. The molecule has 1 heterocycles. The van der Waals surface area contributed by atoms with Gasteiger partial charge in [0.05, 0.1) is 16.7 Å². The summed E-state index contributed by atoms with van der Waals surface area (Å²) in [6, 6.07) is 11.7. The summed E-state index contributed by atoms with van der Waals surface area (Å²) in [5, 5.41) is 11.7. The number of carbonyl (C=O) groups excluding carboxylic acids is 2. The van der Waals surface area contributed by atoms with E-state index in [0.29, 0.717) is 33.3 Å². The largest absolute Gasteiger partial charge is 0.454 e. The summed E-state index contributed by atoms with van der Waals surface area (Å²) in [5.41, 5.74) is 1.48. The molecule has 2 aromatic rings. The van der Waals surface area contributed by atoms with Crippen molar-refractivity contribution in [1.82, 2.24) is 0 Å². The van der Waals surface area contributed by atoms with Gasteiger partial charge in [-0.3, -0.25) is 4.79 Å². The Morgan fingerprint density at radius 2 is 2.15 bits per heavy atom. The Bertz CT molecular complexity index is 965. The molecule has 1 amide bonds. The van der Waals surface area contributed by atoms with E-state index in [9.17, 15) is 9.59 Å². The van der Waals surface area contributed by atoms with Gasteiger partial charge < -0.3 is 19.5 Å². The highest BCUT2D eigenvalue weighted by Crippen LogP contribution is 2.40. The molecule has 7 nitrogen and oxygen atoms in total. The van der Waals surface area contributed by atoms with Crippen molar-refractivity contribution in [3.05, 3.63) is 58.6 Å². The van der Waals surface area contributed by atoms with Crippen LogP contribution in [0.15, 0.2) is 42.5 Å². The molecular weight excluding hydrogens is 372 g/mol. The van der Waals surface area contributed by atoms with Crippen molar-refractivity contribution in [3.63, 3.8) is 0 Å². The molecule has 1 aliphatic rings. The summed E-state index contributed by atoms with van der Waals surface area (Å²) >= 11 is 6.06. The fourth-order valence-electron chi connectivity index (χ4n) is 2.30. The average molecular weight is 385 g/mol. The molecule has 0 aromatic heterocycles. The molecule has 0 fully saturated rings. The van der Waals surface area contributed by atoms with E-state index in [2.05, 4.69) is 5.32 Å². The molecule has 3 rings (SSSR count). The molecule has 0 saturated carbocycles. The molecule has 2 aromatic carbocycles. The van der Waals surface area contributed by atoms with Crippen LogP contribution in [0.2, 0.25) is 5.02 Å². The second-order valence-corrected chi connectivity index (χ2v) is 5.83. The molecule has 0 saturated heterocycles. The molecule has 0 unspecified atom stereocenters. The van der Waals surface area contributed by atoms with Gasteiger partial charge in [-0.25, -0.2) is 4.79 Å². The zero-order valence-electron chi connectivity index (χ0n) is 13.9. The molecule has 27 heavy (non-hydrogen) atoms. The molecule has 136 valence electrons. The number of rotatable bonds is 5. The van der Waals surface area contributed by atoms with Gasteiger partial charge >= 0.3 is 5.97 Å². The highest BCUT2D eigenvalue weighted by molar-refractivity contribution is 6.32. The molecule has 0 atom stereocenters. The zero-order chi connectivity index (χ0) is 19.2. The zero-order valence-corrected chi connectivity index (χ0v) is 14.7. The molecule has 0 aliphatic carbocycles. The number of benzene rings is 2. The van der Waals surface area contributed by atoms with Crippen molar-refractivity contribution in [2.24, 2.45) is 0 Å². The van der Waals surface area contributed by atoms with Gasteiger partial charge in [-0.1, -0.05) is 17.7 Å². The van der Waals surface area contributed by atoms with Crippen molar-refractivity contribution in [3.8, 4) is 17.6 Å². The van der Waals surface area contributed by atoms with E-state index in [1.165, 1.54) is 18.2 Å². The topological polar surface area (TPSA) is 97.7 Å². The lowest BCUT2D eigenvalue weighted by atomic mass is 10.2. The third-order valence-electron chi connectivity index (χ3n) is 3.48. The Morgan fingerprint density at radius 1 is 1.30 bits per heavy atom. The van der Waals surface area contributed by atoms with Gasteiger partial charge in [0.2, 0.25) is 6.79 Å². The number of amides is 1. The normalized spacial score (nSPS) is 11.9. The number of nitrogens with zero attached hydrogens (tertiary/aromatic N) is 1. The summed E-state index contributed by atoms with van der Waals surface area (Å²) < 4.78 is 15.3. The van der Waals surface area contributed by atoms with E-state index in [0.717, 1.165) is 0 Å². The predicted octanol–water partition coefficient (Wildman–Crippen LogP) is 3.14. The number of nitriles is 1. The Kier molecular flexibility index (Phi) is 5.59. The van der Waals surface area contributed by atoms with Crippen LogP contribution in [0.4, 0.5) is 5.69 Å². The van der Waals surface area contributed by atoms with Gasteiger partial charge in [0.25, 0.3) is 5.91 Å². The Labute approximate surface area is 159 Å². The lowest BCUT2D eigenvalue weighted by Crippen LogP contribution is -2.20. The van der Waals surface area contributed by atoms with Gasteiger partial charge in [0.1, 0.15) is 0 Å². The van der Waals surface area contributed by atoms with Crippen molar-refractivity contribution >= 4 is 35.2 Å². The summed E-state index contributed by atoms with van der Waals surface area (Å²) in [4.78, 5) is 23.6. The number of esters is 1. The maximum Gasteiger partial charge on any atom is 0.331 e. The molecule has 0 radical (unpaired) electrons. The number of halogens is 1. The highest BCUT2D eigenvalue weighted by atomic mass is 35.5. The first kappa shape index (κ1) is 18.3. The second-order valence-electron chi connectivity index (χ2n) is 5.42. The Hall–Kier alpha value is -3.50. The van der Waals surface area contributed by atoms with Crippen LogP contribution in [-0.4, -0.2) is 25.3 Å². The summed E-state index contributed by atoms with van der Waals surface area (Å²) in [5.74, 6) is -0.245. The van der Waals surface area contributed by atoms with E-state index in [1.54, 1.807) is 30.3 Å². The van der Waals surface area contributed by atoms with Crippen molar-refractivity contribution in [2.45, 2.75) is 0 Å². The van der Waals surface area contributed by atoms with Crippen molar-refractivity contribution < 1.29 is 23.8 Å². The van der Waals surface area contributed by atoms with Gasteiger partial charge in [-0.2, -0.15) is 5.26 Å². The average Bonchev–Trinajstić information content (AvgIpc) is 3.14. The predicted molar refractivity (Wildman–Crippen MR) is 97.4 cm³/mol. The number of ether oxygens (including phenoxy) is 3. The first-order valence-electron chi connectivity index (χ1n) is 7.79. The monoisotopic (exact) mass is 384 g/mol. The molecule has 8 heteroatoms. The third kappa shape index (κ3) is 4.77. The first-order chi connectivity index (χ1) is 13.0. The Balaban J connectivity index is 1.52. The van der Waals surface area contributed by atoms with E-state index >= 15 is 0 Å². The summed E-state index contributed by atoms with van der Waals surface area (Å²) in [7, 11) is 0. The van der Waals surface area contributed by atoms with Crippen LogP contribution in [-0.2, 0) is 14.3 Å². The molecule has 1 N–H and O–H groups in total. The fraction of sp³-hybridized carbons (Fsp3) is 0.105. The quantitative estimate of drug-likeness (QED) is 0.628. The van der Waals surface area contributed by atoms with Gasteiger partial charge in [0, 0.05) is 11.8 Å². The molecule has 0 spiro atoms. The Morgan fingerprint density at radius 3 is 2.96 bits per heavy atom. The third-order valence-corrected chi connectivity index (χ3v) is 3.76.